The molecular weight excluding hydrogens is 567 g/mol. The third-order valence-corrected chi connectivity index (χ3v) is 9.40. The smallest absolute Gasteiger partial charge is 0.160 e. The van der Waals surface area contributed by atoms with Crippen LogP contribution in [0.15, 0.2) is 158 Å². The second-order valence-corrected chi connectivity index (χ2v) is 12.2. The van der Waals surface area contributed by atoms with E-state index in [4.69, 9.17) is 9.97 Å². The Labute approximate surface area is 266 Å². The third-order valence-electron chi connectivity index (χ3n) is 8.27. The Morgan fingerprint density at radius 2 is 1.27 bits per heavy atom. The molecule has 3 heterocycles. The Morgan fingerprint density at radius 3 is 1.98 bits per heavy atom. The molecule has 0 saturated carbocycles. The van der Waals surface area contributed by atoms with Crippen LogP contribution in [0, 0.1) is 0 Å². The molecule has 0 spiro atoms. The van der Waals surface area contributed by atoms with Crippen LogP contribution in [-0.4, -0.2) is 16.5 Å². The molecule has 0 fully saturated rings. The molecule has 214 valence electrons. The molecule has 0 radical (unpaired) electrons. The molecule has 3 nitrogen and oxygen atoms in total. The molecule has 0 aliphatic carbocycles. The van der Waals surface area contributed by atoms with Gasteiger partial charge in [-0.05, 0) is 54.1 Å². The van der Waals surface area contributed by atoms with Crippen LogP contribution in [0.1, 0.15) is 5.56 Å². The molecule has 0 bridgehead atoms. The van der Waals surface area contributed by atoms with Crippen LogP contribution in [-0.2, 0) is 0 Å². The standard InChI is InChI=1S/C41H29N3S/c1-28-13-5-4-12-24-44(38-27-40-35(25-34(28)38)33-18-10-11-19-39(33)45-40)32-22-20-31(21-23-32)41-42-36(29-14-6-2-7-15-29)26-37(43-41)30-16-8-3-9-17-30/h2-23,25-27H,1,24H2/b12-4-,13-5-. The average molecular weight is 596 g/mol. The summed E-state index contributed by atoms with van der Waals surface area (Å²) < 4.78 is 2.57. The molecular formula is C41H29N3S. The maximum absolute atomic E-state index is 5.03. The van der Waals surface area contributed by atoms with E-state index in [-0.39, 0.29) is 0 Å². The highest BCUT2D eigenvalue weighted by Crippen LogP contribution is 2.42. The van der Waals surface area contributed by atoms with Crippen LogP contribution in [0.3, 0.4) is 0 Å². The van der Waals surface area contributed by atoms with Crippen LogP contribution in [0.4, 0.5) is 11.4 Å². The van der Waals surface area contributed by atoms with Crippen LogP contribution >= 0.6 is 11.3 Å². The van der Waals surface area contributed by atoms with Gasteiger partial charge < -0.3 is 4.90 Å². The molecule has 0 amide bonds. The zero-order valence-corrected chi connectivity index (χ0v) is 25.4. The minimum absolute atomic E-state index is 0.705. The number of anilines is 2. The van der Waals surface area contributed by atoms with E-state index < -0.39 is 0 Å². The van der Waals surface area contributed by atoms with Crippen molar-refractivity contribution in [3.8, 4) is 33.9 Å². The number of hydrogen-bond acceptors (Lipinski definition) is 4. The van der Waals surface area contributed by atoms with Crippen LogP contribution in [0.5, 0.6) is 0 Å². The highest BCUT2D eigenvalue weighted by atomic mass is 32.1. The highest BCUT2D eigenvalue weighted by Gasteiger charge is 2.19. The number of thiophene rings is 1. The lowest BCUT2D eigenvalue weighted by atomic mass is 10.00. The molecule has 0 N–H and O–H groups in total. The van der Waals surface area contributed by atoms with E-state index in [2.05, 4.69) is 127 Å². The summed E-state index contributed by atoms with van der Waals surface area (Å²) in [6.45, 7) is 5.19. The van der Waals surface area contributed by atoms with Crippen molar-refractivity contribution in [3.05, 3.63) is 164 Å². The molecule has 5 aromatic carbocycles. The summed E-state index contributed by atoms with van der Waals surface area (Å²) >= 11 is 1.84. The Hall–Kier alpha value is -5.58. The number of aromatic nitrogens is 2. The first kappa shape index (κ1) is 27.0. The van der Waals surface area contributed by atoms with Crippen LogP contribution < -0.4 is 4.90 Å². The zero-order chi connectivity index (χ0) is 30.2. The van der Waals surface area contributed by atoms with Crippen molar-refractivity contribution in [2.45, 2.75) is 0 Å². The summed E-state index contributed by atoms with van der Waals surface area (Å²) in [6.07, 6.45) is 8.48. The highest BCUT2D eigenvalue weighted by molar-refractivity contribution is 7.25. The van der Waals surface area contributed by atoms with Gasteiger partial charge in [0, 0.05) is 54.7 Å². The summed E-state index contributed by atoms with van der Waals surface area (Å²) in [7, 11) is 0. The molecule has 0 atom stereocenters. The predicted molar refractivity (Wildman–Crippen MR) is 192 cm³/mol. The van der Waals surface area contributed by atoms with Crippen molar-refractivity contribution in [2.75, 3.05) is 11.4 Å². The van der Waals surface area contributed by atoms with Gasteiger partial charge >= 0.3 is 0 Å². The maximum Gasteiger partial charge on any atom is 0.160 e. The lowest BCUT2D eigenvalue weighted by molar-refractivity contribution is 1.09. The fraction of sp³-hybridized carbons (Fsp3) is 0.0244. The van der Waals surface area contributed by atoms with E-state index in [0.29, 0.717) is 5.82 Å². The number of rotatable bonds is 4. The summed E-state index contributed by atoms with van der Waals surface area (Å²) in [5.41, 5.74) is 9.30. The second-order valence-electron chi connectivity index (χ2n) is 11.1. The molecule has 45 heavy (non-hydrogen) atoms. The first-order valence-electron chi connectivity index (χ1n) is 15.1. The van der Waals surface area contributed by atoms with Gasteiger partial charge in [-0.25, -0.2) is 9.97 Å². The molecule has 1 aliphatic heterocycles. The second kappa shape index (κ2) is 11.5. The minimum atomic E-state index is 0.705. The monoisotopic (exact) mass is 595 g/mol. The van der Waals surface area contributed by atoms with E-state index >= 15 is 0 Å². The molecule has 4 heteroatoms. The SMILES string of the molecule is C=C1/C=C\C=C/CN(c2ccc(-c3nc(-c4ccccc4)cc(-c4ccccc4)n3)cc2)c2cc3sc4ccccc4c3cc21. The quantitative estimate of drug-likeness (QED) is 0.203. The fourth-order valence-corrected chi connectivity index (χ4v) is 7.09. The Balaban J connectivity index is 1.23. The average Bonchev–Trinajstić information content (AvgIpc) is 3.50. The van der Waals surface area contributed by atoms with Crippen molar-refractivity contribution >= 4 is 48.5 Å². The Bertz CT molecular complexity index is 2190. The van der Waals surface area contributed by atoms with Crippen LogP contribution in [0.25, 0.3) is 59.6 Å². The number of fused-ring (bicyclic) bond motifs is 4. The zero-order valence-electron chi connectivity index (χ0n) is 24.6. The summed E-state index contributed by atoms with van der Waals surface area (Å²) in [5.74, 6) is 0.705. The van der Waals surface area contributed by atoms with Crippen molar-refractivity contribution < 1.29 is 0 Å². The van der Waals surface area contributed by atoms with E-state index in [1.54, 1.807) is 0 Å². The number of benzene rings is 5. The van der Waals surface area contributed by atoms with Gasteiger partial charge in [-0.3, -0.25) is 0 Å². The first-order chi connectivity index (χ1) is 22.2. The van der Waals surface area contributed by atoms with Crippen LogP contribution in [0.2, 0.25) is 0 Å². The predicted octanol–water partition coefficient (Wildman–Crippen LogP) is 11.1. The lowest BCUT2D eigenvalue weighted by Gasteiger charge is -2.26. The van der Waals surface area contributed by atoms with E-state index in [1.807, 2.05) is 47.7 Å². The van der Waals surface area contributed by atoms with Crippen molar-refractivity contribution in [1.29, 1.82) is 0 Å². The fourth-order valence-electron chi connectivity index (χ4n) is 5.97. The molecule has 1 aliphatic rings. The Kier molecular flexibility index (Phi) is 6.90. The molecule has 8 rings (SSSR count). The molecule has 7 aromatic rings. The van der Waals surface area contributed by atoms with Crippen molar-refractivity contribution in [2.24, 2.45) is 0 Å². The van der Waals surface area contributed by atoms with Crippen molar-refractivity contribution in [3.63, 3.8) is 0 Å². The normalized spacial score (nSPS) is 14.5. The van der Waals surface area contributed by atoms with E-state index in [1.165, 1.54) is 20.2 Å². The number of hydrogen-bond donors (Lipinski definition) is 0. The maximum atomic E-state index is 5.03. The van der Waals surface area contributed by atoms with Gasteiger partial charge in [0.1, 0.15) is 0 Å². The summed E-state index contributed by atoms with van der Waals surface area (Å²) in [4.78, 5) is 12.4. The van der Waals surface area contributed by atoms with E-state index in [0.717, 1.165) is 57.1 Å². The van der Waals surface area contributed by atoms with Gasteiger partial charge in [-0.2, -0.15) is 0 Å². The van der Waals surface area contributed by atoms with Gasteiger partial charge in [0.15, 0.2) is 5.82 Å². The topological polar surface area (TPSA) is 29.0 Å². The molecule has 2 aromatic heterocycles. The van der Waals surface area contributed by atoms with Gasteiger partial charge in [0.2, 0.25) is 0 Å². The third kappa shape index (κ3) is 5.16. The first-order valence-corrected chi connectivity index (χ1v) is 15.9. The van der Waals surface area contributed by atoms with Gasteiger partial charge in [0.25, 0.3) is 0 Å². The summed E-state index contributed by atoms with van der Waals surface area (Å²) in [6, 6.07) is 44.6. The summed E-state index contributed by atoms with van der Waals surface area (Å²) in [5, 5.41) is 2.56. The molecule has 0 saturated heterocycles. The minimum Gasteiger partial charge on any atom is -0.337 e. The van der Waals surface area contributed by atoms with Gasteiger partial charge in [-0.1, -0.05) is 110 Å². The Morgan fingerprint density at radius 1 is 0.600 bits per heavy atom. The largest absolute Gasteiger partial charge is 0.337 e. The number of allylic oxidation sites excluding steroid dienone is 4. The van der Waals surface area contributed by atoms with Crippen molar-refractivity contribution in [1.82, 2.24) is 9.97 Å². The van der Waals surface area contributed by atoms with E-state index in [9.17, 15) is 0 Å². The molecule has 0 unspecified atom stereocenters. The lowest BCUT2D eigenvalue weighted by Crippen LogP contribution is -2.18. The van der Waals surface area contributed by atoms with Gasteiger partial charge in [-0.15, -0.1) is 11.3 Å². The van der Waals surface area contributed by atoms with Gasteiger partial charge in [0.05, 0.1) is 17.1 Å². The number of nitrogens with zero attached hydrogens (tertiary/aromatic N) is 3.